The molecule has 0 heterocycles. The van der Waals surface area contributed by atoms with Gasteiger partial charge >= 0.3 is 0 Å². The molecule has 0 aromatic heterocycles. The summed E-state index contributed by atoms with van der Waals surface area (Å²) in [5.41, 5.74) is 2.36. The van der Waals surface area contributed by atoms with E-state index in [4.69, 9.17) is 4.74 Å². The van der Waals surface area contributed by atoms with Gasteiger partial charge in [0.05, 0.1) is 17.2 Å². The molecule has 1 atom stereocenters. The van der Waals surface area contributed by atoms with Crippen molar-refractivity contribution in [2.75, 3.05) is 24.0 Å². The van der Waals surface area contributed by atoms with Crippen LogP contribution in [0.5, 0.6) is 5.75 Å². The largest absolute Gasteiger partial charge is 0.494 e. The van der Waals surface area contributed by atoms with Crippen LogP contribution >= 0.6 is 0 Å². The molecule has 224 valence electrons. The Bertz CT molecular complexity index is 1420. The number of hydrogen-bond acceptors (Lipinski definition) is 5. The number of nitrogens with zero attached hydrogens (tertiary/aromatic N) is 2. The molecule has 0 radical (unpaired) electrons. The summed E-state index contributed by atoms with van der Waals surface area (Å²) in [4.78, 5) is 28.9. The van der Waals surface area contributed by atoms with Crippen molar-refractivity contribution in [1.29, 1.82) is 0 Å². The van der Waals surface area contributed by atoms with Crippen LogP contribution in [-0.4, -0.2) is 56.9 Å². The number of benzene rings is 3. The first-order valence-electron chi connectivity index (χ1n) is 14.6. The molecule has 3 aromatic rings. The molecule has 3 aromatic carbocycles. The Morgan fingerprint density at radius 2 is 1.60 bits per heavy atom. The molecule has 9 heteroatoms. The number of sulfonamides is 1. The van der Waals surface area contributed by atoms with Crippen LogP contribution < -0.4 is 14.4 Å². The minimum atomic E-state index is -4.13. The van der Waals surface area contributed by atoms with E-state index < -0.39 is 28.5 Å². The van der Waals surface area contributed by atoms with Crippen LogP contribution in [0.1, 0.15) is 50.7 Å². The van der Waals surface area contributed by atoms with Crippen molar-refractivity contribution in [2.45, 2.75) is 69.9 Å². The first-order chi connectivity index (χ1) is 20.2. The molecule has 8 nitrogen and oxygen atoms in total. The molecule has 1 aliphatic carbocycles. The quantitative estimate of drug-likeness (QED) is 0.298. The lowest BCUT2D eigenvalue weighted by molar-refractivity contribution is -0.139. The van der Waals surface area contributed by atoms with Gasteiger partial charge in [-0.05, 0) is 82.0 Å². The number of anilines is 1. The highest BCUT2D eigenvalue weighted by molar-refractivity contribution is 7.92. The van der Waals surface area contributed by atoms with E-state index in [2.05, 4.69) is 5.32 Å². The Morgan fingerprint density at radius 1 is 0.952 bits per heavy atom. The predicted molar refractivity (Wildman–Crippen MR) is 165 cm³/mol. The van der Waals surface area contributed by atoms with Crippen molar-refractivity contribution in [3.63, 3.8) is 0 Å². The third-order valence-electron chi connectivity index (χ3n) is 7.68. The number of hydrogen-bond donors (Lipinski definition) is 1. The van der Waals surface area contributed by atoms with Crippen molar-refractivity contribution in [1.82, 2.24) is 10.2 Å². The third kappa shape index (κ3) is 7.91. The van der Waals surface area contributed by atoms with Crippen LogP contribution in [0, 0.1) is 6.92 Å². The number of carbonyl (C=O) groups is 2. The van der Waals surface area contributed by atoms with Crippen molar-refractivity contribution >= 4 is 27.5 Å². The normalized spacial score (nSPS) is 14.3. The maximum atomic E-state index is 14.0. The Hall–Kier alpha value is -3.85. The summed E-state index contributed by atoms with van der Waals surface area (Å²) in [6.45, 7) is 5.76. The predicted octanol–water partition coefficient (Wildman–Crippen LogP) is 5.11. The van der Waals surface area contributed by atoms with Crippen LogP contribution in [0.3, 0.4) is 0 Å². The van der Waals surface area contributed by atoms with E-state index in [0.29, 0.717) is 24.5 Å². The average Bonchev–Trinajstić information content (AvgIpc) is 3.50. The third-order valence-corrected chi connectivity index (χ3v) is 9.46. The molecule has 0 unspecified atom stereocenters. The van der Waals surface area contributed by atoms with Crippen molar-refractivity contribution in [2.24, 2.45) is 0 Å². The second kappa shape index (κ2) is 14.4. The number of rotatable bonds is 13. The maximum Gasteiger partial charge on any atom is 0.264 e. The summed E-state index contributed by atoms with van der Waals surface area (Å²) in [5, 5.41) is 3.10. The standard InChI is InChI=1S/C33H41N3O5S/c1-4-41-30-18-20-31(21-19-30)42(39,40)36(29-16-14-25(2)15-17-29)24-32(37)35(23-22-27-10-6-5-7-11-27)26(3)33(38)34-28-12-8-9-13-28/h5-7,10-11,14-21,26,28H,4,8-9,12-13,22-24H2,1-3H3,(H,34,38)/t26-/m1/s1. The highest BCUT2D eigenvalue weighted by Gasteiger charge is 2.33. The molecule has 42 heavy (non-hydrogen) atoms. The van der Waals surface area contributed by atoms with Gasteiger partial charge < -0.3 is 15.0 Å². The molecule has 0 saturated heterocycles. The van der Waals surface area contributed by atoms with E-state index in [9.17, 15) is 18.0 Å². The first kappa shape index (κ1) is 31.1. The summed E-state index contributed by atoms with van der Waals surface area (Å²) < 4.78 is 34.6. The van der Waals surface area contributed by atoms with Gasteiger partial charge in [0.15, 0.2) is 0 Å². The fourth-order valence-corrected chi connectivity index (χ4v) is 6.62. The number of carbonyl (C=O) groups excluding carboxylic acids is 2. The van der Waals surface area contributed by atoms with Crippen LogP contribution in [0.15, 0.2) is 83.8 Å². The van der Waals surface area contributed by atoms with Gasteiger partial charge in [-0.3, -0.25) is 13.9 Å². The summed E-state index contributed by atoms with van der Waals surface area (Å²) in [7, 11) is -4.13. The molecule has 0 aliphatic heterocycles. The zero-order valence-corrected chi connectivity index (χ0v) is 25.5. The Kier molecular flexibility index (Phi) is 10.6. The summed E-state index contributed by atoms with van der Waals surface area (Å²) in [6, 6.07) is 22.3. The molecule has 4 rings (SSSR count). The monoisotopic (exact) mass is 591 g/mol. The number of aryl methyl sites for hydroxylation is 1. The van der Waals surface area contributed by atoms with E-state index in [1.54, 1.807) is 31.2 Å². The minimum Gasteiger partial charge on any atom is -0.494 e. The summed E-state index contributed by atoms with van der Waals surface area (Å²) in [5.74, 6) is -0.113. The number of ether oxygens (including phenoxy) is 1. The highest BCUT2D eigenvalue weighted by atomic mass is 32.2. The van der Waals surface area contributed by atoms with Gasteiger partial charge in [-0.2, -0.15) is 0 Å². The zero-order valence-electron chi connectivity index (χ0n) is 24.7. The van der Waals surface area contributed by atoms with Crippen LogP contribution in [0.4, 0.5) is 5.69 Å². The smallest absolute Gasteiger partial charge is 0.264 e. The van der Waals surface area contributed by atoms with Gasteiger partial charge in [-0.25, -0.2) is 8.42 Å². The molecule has 1 N–H and O–H groups in total. The Morgan fingerprint density at radius 3 is 2.21 bits per heavy atom. The molecule has 0 bridgehead atoms. The van der Waals surface area contributed by atoms with Crippen LogP contribution in [0.2, 0.25) is 0 Å². The van der Waals surface area contributed by atoms with Crippen molar-refractivity contribution in [3.05, 3.63) is 90.0 Å². The number of amides is 2. The Labute approximate surface area is 249 Å². The van der Waals surface area contributed by atoms with Gasteiger partial charge in [-0.15, -0.1) is 0 Å². The van der Waals surface area contributed by atoms with E-state index in [1.165, 1.54) is 17.0 Å². The van der Waals surface area contributed by atoms with Crippen LogP contribution in [0.25, 0.3) is 0 Å². The van der Waals surface area contributed by atoms with Crippen molar-refractivity contribution in [3.8, 4) is 5.75 Å². The maximum absolute atomic E-state index is 14.0. The minimum absolute atomic E-state index is 0.0437. The molecule has 1 saturated carbocycles. The first-order valence-corrected chi connectivity index (χ1v) is 16.1. The lowest BCUT2D eigenvalue weighted by Gasteiger charge is -2.32. The molecule has 1 aliphatic rings. The van der Waals surface area contributed by atoms with E-state index in [1.807, 2.05) is 56.3 Å². The number of nitrogens with one attached hydrogen (secondary N) is 1. The summed E-state index contributed by atoms with van der Waals surface area (Å²) in [6.07, 6.45) is 4.54. The summed E-state index contributed by atoms with van der Waals surface area (Å²) >= 11 is 0. The molecule has 2 amide bonds. The van der Waals surface area contributed by atoms with Gasteiger partial charge in [0.2, 0.25) is 11.8 Å². The van der Waals surface area contributed by atoms with Gasteiger partial charge in [0.1, 0.15) is 18.3 Å². The zero-order chi connectivity index (χ0) is 30.1. The molecule has 1 fully saturated rings. The van der Waals surface area contributed by atoms with Crippen molar-refractivity contribution < 1.29 is 22.7 Å². The van der Waals surface area contributed by atoms with E-state index in [-0.39, 0.29) is 23.4 Å². The molecular weight excluding hydrogens is 550 g/mol. The lowest BCUT2D eigenvalue weighted by atomic mass is 10.1. The molecular formula is C33H41N3O5S. The van der Waals surface area contributed by atoms with Gasteiger partial charge in [0, 0.05) is 12.6 Å². The second-order valence-corrected chi connectivity index (χ2v) is 12.6. The topological polar surface area (TPSA) is 96.0 Å². The fourth-order valence-electron chi connectivity index (χ4n) is 5.20. The fraction of sp³-hybridized carbons (Fsp3) is 0.394. The van der Waals surface area contributed by atoms with E-state index in [0.717, 1.165) is 41.1 Å². The lowest BCUT2D eigenvalue weighted by Crippen LogP contribution is -2.53. The Balaban J connectivity index is 1.63. The van der Waals surface area contributed by atoms with Gasteiger partial charge in [0.25, 0.3) is 10.0 Å². The van der Waals surface area contributed by atoms with E-state index >= 15 is 0 Å². The molecule has 0 spiro atoms. The highest BCUT2D eigenvalue weighted by Crippen LogP contribution is 2.26. The van der Waals surface area contributed by atoms with Gasteiger partial charge in [-0.1, -0.05) is 60.9 Å². The average molecular weight is 592 g/mol. The van der Waals surface area contributed by atoms with Crippen LogP contribution in [-0.2, 0) is 26.0 Å². The second-order valence-electron chi connectivity index (χ2n) is 10.7. The SMILES string of the molecule is CCOc1ccc(S(=O)(=O)N(CC(=O)N(CCc2ccccc2)[C@H](C)C(=O)NC2CCCC2)c2ccc(C)cc2)cc1.